The van der Waals surface area contributed by atoms with Crippen LogP contribution in [0.1, 0.15) is 48.2 Å². The maximum atomic E-state index is 12.6. The Bertz CT molecular complexity index is 608. The molecular weight excluding hydrogens is 286 g/mol. The summed E-state index contributed by atoms with van der Waals surface area (Å²) in [5.41, 5.74) is 0. The van der Waals surface area contributed by atoms with Gasteiger partial charge in [0.1, 0.15) is 0 Å². The molecule has 2 aromatic rings. The topological polar surface area (TPSA) is 59.2 Å². The molecule has 6 heteroatoms. The van der Waals surface area contributed by atoms with Crippen molar-refractivity contribution in [1.82, 2.24) is 15.0 Å². The summed E-state index contributed by atoms with van der Waals surface area (Å²) in [4.78, 5) is 20.0. The molecule has 3 heterocycles. The molecule has 1 fully saturated rings. The number of piperidine rings is 1. The normalized spacial score (nSPS) is 20.5. The van der Waals surface area contributed by atoms with Crippen LogP contribution in [0.5, 0.6) is 0 Å². The summed E-state index contributed by atoms with van der Waals surface area (Å²) in [5, 5.41) is 6.02. The Kier molecular flexibility index (Phi) is 4.05. The van der Waals surface area contributed by atoms with E-state index in [1.54, 1.807) is 18.3 Å². The van der Waals surface area contributed by atoms with Gasteiger partial charge in [-0.05, 0) is 31.2 Å². The van der Waals surface area contributed by atoms with E-state index in [4.69, 9.17) is 4.52 Å². The van der Waals surface area contributed by atoms with E-state index in [1.807, 2.05) is 29.3 Å². The number of carbonyl (C=O) groups is 1. The zero-order valence-corrected chi connectivity index (χ0v) is 13.1. The maximum absolute atomic E-state index is 12.6. The molecule has 1 saturated heterocycles. The van der Waals surface area contributed by atoms with Gasteiger partial charge >= 0.3 is 0 Å². The summed E-state index contributed by atoms with van der Waals surface area (Å²) in [6, 6.07) is 4.02. The van der Waals surface area contributed by atoms with Crippen LogP contribution >= 0.6 is 11.3 Å². The lowest BCUT2D eigenvalue weighted by Gasteiger charge is -2.33. The molecule has 1 aliphatic rings. The number of thiophene rings is 1. The van der Waals surface area contributed by atoms with Crippen LogP contribution in [0, 0.1) is 6.92 Å². The van der Waals surface area contributed by atoms with Gasteiger partial charge in [-0.3, -0.25) is 4.79 Å². The first-order valence-electron chi connectivity index (χ1n) is 7.27. The van der Waals surface area contributed by atoms with Gasteiger partial charge in [0.05, 0.1) is 5.92 Å². The summed E-state index contributed by atoms with van der Waals surface area (Å²) in [7, 11) is 0. The summed E-state index contributed by atoms with van der Waals surface area (Å²) >= 11 is 1.64. The number of aromatic nitrogens is 2. The van der Waals surface area contributed by atoms with Crippen molar-refractivity contribution in [3.05, 3.63) is 34.1 Å². The minimum absolute atomic E-state index is 0.0734. The first-order valence-corrected chi connectivity index (χ1v) is 8.15. The van der Waals surface area contributed by atoms with Gasteiger partial charge in [-0.2, -0.15) is 4.98 Å². The van der Waals surface area contributed by atoms with Crippen LogP contribution in [-0.4, -0.2) is 34.0 Å². The van der Waals surface area contributed by atoms with Crippen molar-refractivity contribution >= 4 is 17.2 Å². The average Bonchev–Trinajstić information content (AvgIpc) is 3.17. The monoisotopic (exact) mass is 305 g/mol. The second-order valence-electron chi connectivity index (χ2n) is 5.53. The predicted octanol–water partition coefficient (Wildman–Crippen LogP) is 2.95. The molecule has 1 aliphatic heterocycles. The Hall–Kier alpha value is -1.69. The number of amides is 1. The SMILES string of the molecule is Cc1nc(C2CCCN(C(=O)C(C)c3cccs3)C2)no1. The third kappa shape index (κ3) is 3.00. The Labute approximate surface area is 128 Å². The molecule has 0 aliphatic carbocycles. The molecule has 0 bridgehead atoms. The van der Waals surface area contributed by atoms with Crippen LogP contribution in [0.2, 0.25) is 0 Å². The molecule has 2 aromatic heterocycles. The quantitative estimate of drug-likeness (QED) is 0.875. The number of nitrogens with zero attached hydrogens (tertiary/aromatic N) is 3. The fraction of sp³-hybridized carbons (Fsp3) is 0.533. The van der Waals surface area contributed by atoms with Crippen molar-refractivity contribution in [3.8, 4) is 0 Å². The van der Waals surface area contributed by atoms with Crippen molar-refractivity contribution in [2.45, 2.75) is 38.5 Å². The Morgan fingerprint density at radius 3 is 3.10 bits per heavy atom. The van der Waals surface area contributed by atoms with Crippen LogP contribution in [0.3, 0.4) is 0 Å². The number of carbonyl (C=O) groups excluding carboxylic acids is 1. The lowest BCUT2D eigenvalue weighted by molar-refractivity contribution is -0.133. The second-order valence-corrected chi connectivity index (χ2v) is 6.51. The molecule has 21 heavy (non-hydrogen) atoms. The van der Waals surface area contributed by atoms with Crippen LogP contribution in [0.25, 0.3) is 0 Å². The van der Waals surface area contributed by atoms with Gasteiger partial charge in [-0.15, -0.1) is 11.3 Å². The van der Waals surface area contributed by atoms with E-state index in [-0.39, 0.29) is 17.7 Å². The maximum Gasteiger partial charge on any atom is 0.230 e. The van der Waals surface area contributed by atoms with Gasteiger partial charge in [-0.25, -0.2) is 0 Å². The van der Waals surface area contributed by atoms with Gasteiger partial charge in [-0.1, -0.05) is 11.2 Å². The predicted molar refractivity (Wildman–Crippen MR) is 80.3 cm³/mol. The lowest BCUT2D eigenvalue weighted by atomic mass is 9.96. The summed E-state index contributed by atoms with van der Waals surface area (Å²) in [6.07, 6.45) is 2.00. The van der Waals surface area contributed by atoms with Crippen LogP contribution in [0.15, 0.2) is 22.0 Å². The first-order chi connectivity index (χ1) is 10.1. The standard InChI is InChI=1S/C15H19N3O2S/c1-10(13-6-4-8-21-13)15(19)18-7-3-5-12(9-18)14-16-11(2)20-17-14/h4,6,8,10,12H,3,5,7,9H2,1-2H3. The number of likely N-dealkylation sites (tertiary alicyclic amines) is 1. The van der Waals surface area contributed by atoms with Crippen LogP contribution in [-0.2, 0) is 4.79 Å². The average molecular weight is 305 g/mol. The Morgan fingerprint density at radius 1 is 1.57 bits per heavy atom. The summed E-state index contributed by atoms with van der Waals surface area (Å²) in [6.45, 7) is 5.28. The molecule has 5 nitrogen and oxygen atoms in total. The van der Waals surface area contributed by atoms with Gasteiger partial charge in [0.25, 0.3) is 0 Å². The summed E-state index contributed by atoms with van der Waals surface area (Å²) in [5.74, 6) is 1.63. The van der Waals surface area contributed by atoms with E-state index in [9.17, 15) is 4.79 Å². The Balaban J connectivity index is 1.69. The van der Waals surface area contributed by atoms with E-state index in [2.05, 4.69) is 10.1 Å². The number of rotatable bonds is 3. The van der Waals surface area contributed by atoms with Crippen LogP contribution in [0.4, 0.5) is 0 Å². The molecule has 112 valence electrons. The van der Waals surface area contributed by atoms with E-state index >= 15 is 0 Å². The van der Waals surface area contributed by atoms with Crippen molar-refractivity contribution in [1.29, 1.82) is 0 Å². The van der Waals surface area contributed by atoms with Gasteiger partial charge in [0.15, 0.2) is 5.82 Å². The van der Waals surface area contributed by atoms with Gasteiger partial charge in [0.2, 0.25) is 11.8 Å². The second kappa shape index (κ2) is 5.97. The van der Waals surface area contributed by atoms with Crippen molar-refractivity contribution < 1.29 is 9.32 Å². The highest BCUT2D eigenvalue weighted by molar-refractivity contribution is 7.10. The highest BCUT2D eigenvalue weighted by Crippen LogP contribution is 2.29. The molecule has 0 saturated carbocycles. The van der Waals surface area contributed by atoms with Gasteiger partial charge < -0.3 is 9.42 Å². The van der Waals surface area contributed by atoms with Crippen molar-refractivity contribution in [2.24, 2.45) is 0 Å². The third-order valence-corrected chi connectivity index (χ3v) is 5.04. The van der Waals surface area contributed by atoms with E-state index in [0.29, 0.717) is 12.4 Å². The molecule has 1 amide bonds. The zero-order chi connectivity index (χ0) is 14.8. The molecule has 0 N–H and O–H groups in total. The fourth-order valence-corrected chi connectivity index (χ4v) is 3.58. The van der Waals surface area contributed by atoms with E-state index < -0.39 is 0 Å². The number of aryl methyl sites for hydroxylation is 1. The van der Waals surface area contributed by atoms with Crippen molar-refractivity contribution in [2.75, 3.05) is 13.1 Å². The smallest absolute Gasteiger partial charge is 0.230 e. The molecular formula is C15H19N3O2S. The summed E-state index contributed by atoms with van der Waals surface area (Å²) < 4.78 is 5.06. The molecule has 0 radical (unpaired) electrons. The highest BCUT2D eigenvalue weighted by Gasteiger charge is 2.30. The minimum Gasteiger partial charge on any atom is -0.341 e. The number of hydrogen-bond acceptors (Lipinski definition) is 5. The Morgan fingerprint density at radius 2 is 2.43 bits per heavy atom. The van der Waals surface area contributed by atoms with E-state index in [1.165, 1.54) is 0 Å². The minimum atomic E-state index is -0.0734. The molecule has 3 rings (SSSR count). The fourth-order valence-electron chi connectivity index (χ4n) is 2.80. The highest BCUT2D eigenvalue weighted by atomic mass is 32.1. The van der Waals surface area contributed by atoms with E-state index in [0.717, 1.165) is 30.1 Å². The molecule has 2 atom stereocenters. The first kappa shape index (κ1) is 14.3. The van der Waals surface area contributed by atoms with Crippen molar-refractivity contribution in [3.63, 3.8) is 0 Å². The molecule has 2 unspecified atom stereocenters. The van der Waals surface area contributed by atoms with Crippen LogP contribution < -0.4 is 0 Å². The molecule has 0 aromatic carbocycles. The largest absolute Gasteiger partial charge is 0.341 e. The third-order valence-electron chi connectivity index (χ3n) is 3.98. The zero-order valence-electron chi connectivity index (χ0n) is 12.3. The van der Waals surface area contributed by atoms with Gasteiger partial charge in [0, 0.05) is 30.8 Å². The number of hydrogen-bond donors (Lipinski definition) is 0. The molecule has 0 spiro atoms. The lowest BCUT2D eigenvalue weighted by Crippen LogP contribution is -2.41.